The van der Waals surface area contributed by atoms with E-state index in [-0.39, 0.29) is 11.3 Å². The van der Waals surface area contributed by atoms with Gasteiger partial charge in [-0.25, -0.2) is 13.6 Å². The summed E-state index contributed by atoms with van der Waals surface area (Å²) in [5, 5.41) is 3.82. The van der Waals surface area contributed by atoms with E-state index in [2.05, 4.69) is 10.1 Å². The summed E-state index contributed by atoms with van der Waals surface area (Å²) in [6, 6.07) is 4.56. The molecule has 0 saturated carbocycles. The maximum absolute atomic E-state index is 13.5. The second kappa shape index (κ2) is 8.19. The molecule has 0 bridgehead atoms. The first-order valence-corrected chi connectivity index (χ1v) is 7.53. The normalized spacial score (nSPS) is 11.3. The summed E-state index contributed by atoms with van der Waals surface area (Å²) >= 11 is 0. The third kappa shape index (κ3) is 4.93. The fraction of sp³-hybridized carbons (Fsp3) is 0.176. The molecule has 0 aliphatic rings. The summed E-state index contributed by atoms with van der Waals surface area (Å²) in [7, 11) is 0. The van der Waals surface area contributed by atoms with Gasteiger partial charge in [-0.05, 0) is 42.8 Å². The van der Waals surface area contributed by atoms with E-state index < -0.39 is 47.4 Å². The van der Waals surface area contributed by atoms with E-state index in [0.29, 0.717) is 0 Å². The number of urea groups is 1. The molecule has 0 aliphatic heterocycles. The number of nitrogens with one attached hydrogen (secondary N) is 2. The predicted molar refractivity (Wildman–Crippen MR) is 85.6 cm³/mol. The number of amides is 3. The van der Waals surface area contributed by atoms with Gasteiger partial charge in [-0.15, -0.1) is 0 Å². The molecule has 0 saturated heterocycles. The fourth-order valence-corrected chi connectivity index (χ4v) is 2.08. The molecule has 0 unspecified atom stereocenters. The second-order valence-corrected chi connectivity index (χ2v) is 5.45. The number of imide groups is 1. The van der Waals surface area contributed by atoms with Crippen molar-refractivity contribution in [3.63, 3.8) is 0 Å². The van der Waals surface area contributed by atoms with Gasteiger partial charge in [-0.1, -0.05) is 6.07 Å². The minimum atomic E-state index is -4.70. The number of anilines is 1. The molecular weight excluding hydrogens is 394 g/mol. The Balaban J connectivity index is 2.06. The zero-order valence-corrected chi connectivity index (χ0v) is 14.0. The Bertz CT molecular complexity index is 884. The van der Waals surface area contributed by atoms with Gasteiger partial charge < -0.3 is 10.1 Å². The van der Waals surface area contributed by atoms with Crippen LogP contribution in [-0.2, 0) is 0 Å². The molecule has 28 heavy (non-hydrogen) atoms. The number of aryl methyl sites for hydroxylation is 1. The second-order valence-electron chi connectivity index (χ2n) is 5.45. The van der Waals surface area contributed by atoms with Crippen molar-refractivity contribution in [3.05, 3.63) is 59.2 Å². The molecule has 2 aromatic carbocycles. The van der Waals surface area contributed by atoms with Crippen LogP contribution in [-0.4, -0.2) is 24.5 Å². The van der Waals surface area contributed by atoms with Crippen LogP contribution in [0.1, 0.15) is 15.9 Å². The van der Waals surface area contributed by atoms with E-state index in [9.17, 15) is 35.9 Å². The number of hydrogen-bond donors (Lipinski definition) is 2. The highest BCUT2D eigenvalue weighted by Gasteiger charge is 2.44. The van der Waals surface area contributed by atoms with Crippen molar-refractivity contribution in [3.8, 4) is 5.75 Å². The van der Waals surface area contributed by atoms with Gasteiger partial charge in [0.15, 0.2) is 0 Å². The Hall–Kier alpha value is -3.24. The maximum Gasteiger partial charge on any atom is 0.461 e. The molecule has 0 heterocycles. The van der Waals surface area contributed by atoms with Crippen molar-refractivity contribution in [1.29, 1.82) is 0 Å². The van der Waals surface area contributed by atoms with Gasteiger partial charge in [-0.2, -0.15) is 17.6 Å². The van der Waals surface area contributed by atoms with Crippen LogP contribution in [0.3, 0.4) is 0 Å². The van der Waals surface area contributed by atoms with Gasteiger partial charge in [-0.3, -0.25) is 10.1 Å². The Labute approximate surface area is 154 Å². The van der Waals surface area contributed by atoms with E-state index in [1.807, 2.05) is 0 Å². The molecule has 150 valence electrons. The lowest BCUT2D eigenvalue weighted by Gasteiger charge is -2.18. The zero-order chi connectivity index (χ0) is 21.1. The number of benzene rings is 2. The van der Waals surface area contributed by atoms with E-state index in [1.54, 1.807) is 5.32 Å². The lowest BCUT2D eigenvalue weighted by atomic mass is 10.2. The molecule has 2 aromatic rings. The van der Waals surface area contributed by atoms with E-state index in [1.165, 1.54) is 6.92 Å². The highest BCUT2D eigenvalue weighted by atomic mass is 19.3. The highest BCUT2D eigenvalue weighted by Crippen LogP contribution is 2.30. The fourth-order valence-electron chi connectivity index (χ4n) is 2.08. The number of carbonyl (C=O) groups excluding carboxylic acids is 2. The molecule has 0 fully saturated rings. The van der Waals surface area contributed by atoms with Crippen molar-refractivity contribution >= 4 is 17.6 Å². The topological polar surface area (TPSA) is 67.4 Å². The molecule has 0 atom stereocenters. The first-order chi connectivity index (χ1) is 13.0. The quantitative estimate of drug-likeness (QED) is 0.720. The van der Waals surface area contributed by atoms with Crippen LogP contribution in [0, 0.1) is 18.6 Å². The third-order valence-corrected chi connectivity index (χ3v) is 3.35. The monoisotopic (exact) mass is 406 g/mol. The summed E-state index contributed by atoms with van der Waals surface area (Å²) in [6.45, 7) is 1.25. The van der Waals surface area contributed by atoms with Crippen LogP contribution in [0.15, 0.2) is 36.4 Å². The van der Waals surface area contributed by atoms with Crippen molar-refractivity contribution in [2.24, 2.45) is 0 Å². The van der Waals surface area contributed by atoms with Crippen LogP contribution in [0.5, 0.6) is 5.75 Å². The smallest absolute Gasteiger partial charge is 0.428 e. The molecule has 0 radical (unpaired) electrons. The Kier molecular flexibility index (Phi) is 6.16. The summed E-state index contributed by atoms with van der Waals surface area (Å²) < 4.78 is 81.2. The average Bonchev–Trinajstić information content (AvgIpc) is 2.56. The summed E-state index contributed by atoms with van der Waals surface area (Å²) in [6.07, 6.45) is -8.74. The highest BCUT2D eigenvalue weighted by molar-refractivity contribution is 6.08. The molecule has 0 aliphatic carbocycles. The van der Waals surface area contributed by atoms with Crippen LogP contribution >= 0.6 is 0 Å². The lowest BCUT2D eigenvalue weighted by Crippen LogP contribution is -2.35. The van der Waals surface area contributed by atoms with E-state index in [0.717, 1.165) is 36.4 Å². The Morgan fingerprint density at radius 3 is 2.21 bits per heavy atom. The molecule has 2 rings (SSSR count). The molecule has 0 aromatic heterocycles. The summed E-state index contributed by atoms with van der Waals surface area (Å²) in [4.78, 5) is 23.6. The number of carbonyl (C=O) groups is 2. The Morgan fingerprint density at radius 1 is 1.07 bits per heavy atom. The molecule has 5 nitrogen and oxygen atoms in total. The number of hydrogen-bond acceptors (Lipinski definition) is 3. The van der Waals surface area contributed by atoms with Crippen molar-refractivity contribution in [2.45, 2.75) is 19.5 Å². The molecular formula is C17H12F6N2O3. The summed E-state index contributed by atoms with van der Waals surface area (Å²) in [5.41, 5.74) is -1.01. The number of ether oxygens (including phenoxy) is 1. The first-order valence-electron chi connectivity index (χ1n) is 7.53. The van der Waals surface area contributed by atoms with Crippen LogP contribution in [0.25, 0.3) is 0 Å². The predicted octanol–water partition coefficient (Wildman–Crippen LogP) is 4.47. The van der Waals surface area contributed by atoms with Gasteiger partial charge in [0.25, 0.3) is 5.91 Å². The van der Waals surface area contributed by atoms with Crippen molar-refractivity contribution in [2.75, 3.05) is 5.32 Å². The van der Waals surface area contributed by atoms with E-state index >= 15 is 0 Å². The van der Waals surface area contributed by atoms with Crippen molar-refractivity contribution < 1.29 is 40.7 Å². The number of halogens is 6. The molecule has 11 heteroatoms. The first kappa shape index (κ1) is 21.1. The molecule has 2 N–H and O–H groups in total. The summed E-state index contributed by atoms with van der Waals surface area (Å²) in [5.74, 6) is -4.26. The van der Waals surface area contributed by atoms with Gasteiger partial charge in [0.1, 0.15) is 22.9 Å². The molecule has 0 spiro atoms. The maximum atomic E-state index is 13.5. The van der Waals surface area contributed by atoms with Gasteiger partial charge in [0.2, 0.25) is 0 Å². The minimum absolute atomic E-state index is 0.0235. The zero-order valence-electron chi connectivity index (χ0n) is 14.0. The van der Waals surface area contributed by atoms with Crippen LogP contribution in [0.2, 0.25) is 0 Å². The van der Waals surface area contributed by atoms with Gasteiger partial charge >= 0.3 is 18.6 Å². The van der Waals surface area contributed by atoms with Gasteiger partial charge in [0.05, 0.1) is 0 Å². The number of rotatable bonds is 5. The lowest BCUT2D eigenvalue weighted by molar-refractivity contribution is -0.253. The van der Waals surface area contributed by atoms with Gasteiger partial charge in [0, 0.05) is 5.69 Å². The standard InChI is InChI=1S/C17H12F6N2O3/c1-8-7-9(5-6-12(8)28-17(22,23)15(20)21)24-16(27)25-14(26)13-10(18)3-2-4-11(13)19/h2-7,15H,1H3,(H2,24,25,26,27). The SMILES string of the molecule is Cc1cc(NC(=O)NC(=O)c2c(F)cccc2F)ccc1OC(F)(F)C(F)F. The van der Waals surface area contributed by atoms with E-state index in [4.69, 9.17) is 0 Å². The average molecular weight is 406 g/mol. The third-order valence-electron chi connectivity index (χ3n) is 3.35. The van der Waals surface area contributed by atoms with Crippen LogP contribution in [0.4, 0.5) is 36.8 Å². The number of alkyl halides is 4. The molecule has 3 amide bonds. The van der Waals surface area contributed by atoms with Crippen LogP contribution < -0.4 is 15.4 Å². The minimum Gasteiger partial charge on any atom is -0.428 e. The van der Waals surface area contributed by atoms with Crippen molar-refractivity contribution in [1.82, 2.24) is 5.32 Å². The Morgan fingerprint density at radius 2 is 1.68 bits per heavy atom. The largest absolute Gasteiger partial charge is 0.461 e.